The molecule has 5 aliphatic rings. The first-order chi connectivity index (χ1) is 8.74. The molecule has 2 fully saturated rings. The van der Waals surface area contributed by atoms with Crippen LogP contribution in [-0.4, -0.2) is 23.3 Å². The molecule has 0 spiro atoms. The number of hydrogen-bond donors (Lipinski definition) is 0. The summed E-state index contributed by atoms with van der Waals surface area (Å²) in [7, 11) is 0. The number of nitrogens with zero attached hydrogens (tertiary/aromatic N) is 1. The highest BCUT2D eigenvalue weighted by Gasteiger charge is 2.62. The highest BCUT2D eigenvalue weighted by Crippen LogP contribution is 2.58. The lowest BCUT2D eigenvalue weighted by molar-refractivity contribution is -0.139. The lowest BCUT2D eigenvalue weighted by Crippen LogP contribution is -2.50. The van der Waals surface area contributed by atoms with Crippen molar-refractivity contribution in [3.8, 4) is 12.3 Å². The van der Waals surface area contributed by atoms with Crippen molar-refractivity contribution in [3.05, 3.63) is 24.3 Å². The average molecular weight is 239 g/mol. The van der Waals surface area contributed by atoms with E-state index in [1.807, 2.05) is 0 Å². The van der Waals surface area contributed by atoms with E-state index in [0.717, 1.165) is 0 Å². The summed E-state index contributed by atoms with van der Waals surface area (Å²) in [4.78, 5) is 26.0. The van der Waals surface area contributed by atoms with Gasteiger partial charge in [0.05, 0.1) is 18.4 Å². The van der Waals surface area contributed by atoms with Gasteiger partial charge in [0, 0.05) is 0 Å². The van der Waals surface area contributed by atoms with Gasteiger partial charge in [0.15, 0.2) is 0 Å². The van der Waals surface area contributed by atoms with Crippen molar-refractivity contribution in [2.75, 3.05) is 6.54 Å². The molecule has 6 unspecified atom stereocenters. The number of rotatable bonds is 1. The number of hydrogen-bond acceptors (Lipinski definition) is 2. The van der Waals surface area contributed by atoms with Crippen molar-refractivity contribution in [1.82, 2.24) is 4.90 Å². The summed E-state index contributed by atoms with van der Waals surface area (Å²) in [6.07, 6.45) is 13.9. The normalized spacial score (nSPS) is 46.7. The van der Waals surface area contributed by atoms with Gasteiger partial charge in [-0.15, -0.1) is 6.42 Å². The Labute approximate surface area is 106 Å². The maximum absolute atomic E-state index is 12.4. The zero-order valence-electron chi connectivity index (χ0n) is 9.82. The third-order valence-corrected chi connectivity index (χ3v) is 5.01. The summed E-state index contributed by atoms with van der Waals surface area (Å²) in [5, 5.41) is 0. The van der Waals surface area contributed by atoms with Crippen LogP contribution in [0.1, 0.15) is 0 Å². The maximum Gasteiger partial charge on any atom is 0.234 e. The summed E-state index contributed by atoms with van der Waals surface area (Å²) in [6, 6.07) is 0. The summed E-state index contributed by atoms with van der Waals surface area (Å²) in [5.41, 5.74) is 0. The third kappa shape index (κ3) is 0.940. The molecule has 3 nitrogen and oxygen atoms in total. The second-order valence-electron chi connectivity index (χ2n) is 5.60. The highest BCUT2D eigenvalue weighted by atomic mass is 16.2. The summed E-state index contributed by atoms with van der Waals surface area (Å²) in [6.45, 7) is 0.118. The van der Waals surface area contributed by atoms with Crippen LogP contribution in [0.4, 0.5) is 0 Å². The van der Waals surface area contributed by atoms with Gasteiger partial charge in [-0.25, -0.2) is 0 Å². The quantitative estimate of drug-likeness (QED) is 0.386. The van der Waals surface area contributed by atoms with Crippen molar-refractivity contribution in [2.45, 2.75) is 0 Å². The minimum absolute atomic E-state index is 0.0546. The highest BCUT2D eigenvalue weighted by molar-refractivity contribution is 6.06. The van der Waals surface area contributed by atoms with E-state index in [1.54, 1.807) is 0 Å². The Bertz CT molecular complexity index is 513. The van der Waals surface area contributed by atoms with Gasteiger partial charge in [0.25, 0.3) is 0 Å². The van der Waals surface area contributed by atoms with Crippen molar-refractivity contribution in [3.63, 3.8) is 0 Å². The van der Waals surface area contributed by atoms with Gasteiger partial charge in [-0.3, -0.25) is 14.5 Å². The molecule has 1 heterocycles. The Morgan fingerprint density at radius 3 is 1.78 bits per heavy atom. The molecule has 0 radical (unpaired) electrons. The fourth-order valence-electron chi connectivity index (χ4n) is 4.20. The Balaban J connectivity index is 1.78. The predicted octanol–water partition coefficient (Wildman–Crippen LogP) is 0.839. The van der Waals surface area contributed by atoms with E-state index in [9.17, 15) is 9.59 Å². The van der Waals surface area contributed by atoms with Crippen LogP contribution in [0.25, 0.3) is 0 Å². The van der Waals surface area contributed by atoms with Gasteiger partial charge in [-0.2, -0.15) is 0 Å². The molecule has 2 bridgehead atoms. The third-order valence-electron chi connectivity index (χ3n) is 5.01. The van der Waals surface area contributed by atoms with Crippen LogP contribution in [0.3, 0.4) is 0 Å². The molecular weight excluding hydrogens is 226 g/mol. The van der Waals surface area contributed by atoms with Gasteiger partial charge < -0.3 is 0 Å². The maximum atomic E-state index is 12.4. The molecule has 0 N–H and O–H groups in total. The van der Waals surface area contributed by atoms with Crippen LogP contribution >= 0.6 is 0 Å². The molecule has 90 valence electrons. The molecule has 1 saturated carbocycles. The van der Waals surface area contributed by atoms with Crippen LogP contribution < -0.4 is 0 Å². The fraction of sp³-hybridized carbons (Fsp3) is 0.467. The molecule has 1 saturated heterocycles. The van der Waals surface area contributed by atoms with E-state index in [4.69, 9.17) is 6.42 Å². The smallest absolute Gasteiger partial charge is 0.234 e. The number of likely N-dealkylation sites (tertiary alicyclic amines) is 1. The largest absolute Gasteiger partial charge is 0.274 e. The van der Waals surface area contributed by atoms with Crippen LogP contribution in [0, 0.1) is 47.9 Å². The van der Waals surface area contributed by atoms with E-state index in [1.165, 1.54) is 4.90 Å². The standard InChI is InChI=1S/C15H13NO2/c1-2-7-16-14(17)12-10-5-6-11(13(12)15(16)18)9-4-3-8(9)10/h1,3-6,8-13H,7H2. The van der Waals surface area contributed by atoms with Gasteiger partial charge in [-0.05, 0) is 23.7 Å². The molecule has 4 aliphatic carbocycles. The van der Waals surface area contributed by atoms with Crippen LogP contribution in [0.2, 0.25) is 0 Å². The molecule has 3 heteroatoms. The van der Waals surface area contributed by atoms with E-state index >= 15 is 0 Å². The molecule has 0 aromatic carbocycles. The van der Waals surface area contributed by atoms with Crippen molar-refractivity contribution >= 4 is 11.8 Å². The first-order valence-corrected chi connectivity index (χ1v) is 6.39. The molecule has 6 atom stereocenters. The zero-order chi connectivity index (χ0) is 12.4. The van der Waals surface area contributed by atoms with Gasteiger partial charge in [0.2, 0.25) is 11.8 Å². The van der Waals surface area contributed by atoms with E-state index in [2.05, 4.69) is 30.2 Å². The average Bonchev–Trinajstić information content (AvgIpc) is 2.56. The summed E-state index contributed by atoms with van der Waals surface area (Å²) < 4.78 is 0. The van der Waals surface area contributed by atoms with Gasteiger partial charge in [0.1, 0.15) is 0 Å². The zero-order valence-corrected chi connectivity index (χ0v) is 9.82. The molecule has 0 aromatic heterocycles. The monoisotopic (exact) mass is 239 g/mol. The number of carbonyl (C=O) groups excluding carboxylic acids is 2. The van der Waals surface area contributed by atoms with Gasteiger partial charge >= 0.3 is 0 Å². The molecule has 0 aromatic rings. The number of carbonyl (C=O) groups is 2. The number of amides is 2. The summed E-state index contributed by atoms with van der Waals surface area (Å²) in [5.74, 6) is 3.32. The Hall–Kier alpha value is -1.82. The fourth-order valence-corrected chi connectivity index (χ4v) is 4.20. The first-order valence-electron chi connectivity index (χ1n) is 6.39. The molecule has 2 amide bonds. The van der Waals surface area contributed by atoms with Crippen LogP contribution in [-0.2, 0) is 9.59 Å². The SMILES string of the molecule is C#CCN1C(=O)C2C3C=CC(C4C=CC43)C2C1=O. The lowest BCUT2D eigenvalue weighted by atomic mass is 9.50. The van der Waals surface area contributed by atoms with Gasteiger partial charge in [-0.1, -0.05) is 30.2 Å². The van der Waals surface area contributed by atoms with Crippen LogP contribution in [0.5, 0.6) is 0 Å². The van der Waals surface area contributed by atoms with E-state index in [-0.39, 0.29) is 42.0 Å². The lowest BCUT2D eigenvalue weighted by Gasteiger charge is -2.51. The number of allylic oxidation sites excluding steroid dienone is 4. The van der Waals surface area contributed by atoms with E-state index in [0.29, 0.717) is 11.8 Å². The molecule has 1 aliphatic heterocycles. The Morgan fingerprint density at radius 1 is 0.944 bits per heavy atom. The van der Waals surface area contributed by atoms with Crippen molar-refractivity contribution in [1.29, 1.82) is 0 Å². The summed E-state index contributed by atoms with van der Waals surface area (Å²) >= 11 is 0. The topological polar surface area (TPSA) is 37.4 Å². The first kappa shape index (κ1) is 10.1. The van der Waals surface area contributed by atoms with Crippen molar-refractivity contribution < 1.29 is 9.59 Å². The van der Waals surface area contributed by atoms with Crippen molar-refractivity contribution in [2.24, 2.45) is 35.5 Å². The Kier molecular flexibility index (Phi) is 1.77. The minimum Gasteiger partial charge on any atom is -0.274 e. The molecular formula is C15H13NO2. The molecule has 5 rings (SSSR count). The number of terminal acetylenes is 1. The predicted molar refractivity (Wildman–Crippen MR) is 64.8 cm³/mol. The Morgan fingerprint density at radius 2 is 1.39 bits per heavy atom. The van der Waals surface area contributed by atoms with E-state index < -0.39 is 0 Å². The second-order valence-corrected chi connectivity index (χ2v) is 5.60. The van der Waals surface area contributed by atoms with Crippen LogP contribution in [0.15, 0.2) is 24.3 Å². The second kappa shape index (κ2) is 3.14. The number of imide groups is 1. The molecule has 18 heavy (non-hydrogen) atoms. The minimum atomic E-state index is -0.160.